The van der Waals surface area contributed by atoms with Crippen LogP contribution in [-0.2, 0) is 14.8 Å². The average molecular weight is 451 g/mol. The van der Waals surface area contributed by atoms with Crippen molar-refractivity contribution in [1.29, 1.82) is 0 Å². The zero-order chi connectivity index (χ0) is 22.3. The first-order valence-corrected chi connectivity index (χ1v) is 11.9. The van der Waals surface area contributed by atoms with Crippen LogP contribution < -0.4 is 4.72 Å². The molecule has 31 heavy (non-hydrogen) atoms. The molecule has 2 aromatic heterocycles. The minimum absolute atomic E-state index is 0.0231. The van der Waals surface area contributed by atoms with Crippen LogP contribution in [0.1, 0.15) is 80.2 Å². The highest BCUT2D eigenvalue weighted by molar-refractivity contribution is 7.90. The van der Waals surface area contributed by atoms with Crippen molar-refractivity contribution in [2.24, 2.45) is 5.92 Å². The number of carbonyl (C=O) groups excluding carboxylic acids is 1. The number of carbonyl (C=O) groups is 2. The number of carboxylic acids is 1. The molecule has 2 aromatic rings. The molecule has 2 N–H and O–H groups in total. The fraction of sp³-hybridized carbons (Fsp3) is 0.550. The van der Waals surface area contributed by atoms with Gasteiger partial charge in [0.15, 0.2) is 0 Å². The van der Waals surface area contributed by atoms with Crippen molar-refractivity contribution in [3.05, 3.63) is 36.2 Å². The van der Waals surface area contributed by atoms with Crippen LogP contribution in [0.15, 0.2) is 33.9 Å². The number of aliphatic carboxylic acids is 1. The maximum absolute atomic E-state index is 12.3. The van der Waals surface area contributed by atoms with Crippen LogP contribution >= 0.6 is 0 Å². The third-order valence-electron chi connectivity index (χ3n) is 5.48. The lowest BCUT2D eigenvalue weighted by Crippen LogP contribution is -2.31. The van der Waals surface area contributed by atoms with Crippen LogP contribution in [0.5, 0.6) is 0 Å². The Morgan fingerprint density at radius 1 is 1.26 bits per heavy atom. The second kappa shape index (κ2) is 10.5. The predicted octanol–water partition coefficient (Wildman–Crippen LogP) is 2.89. The Morgan fingerprint density at radius 2 is 2.03 bits per heavy atom. The molecule has 1 aliphatic rings. The van der Waals surface area contributed by atoms with Crippen molar-refractivity contribution >= 4 is 21.9 Å². The normalized spacial score (nSPS) is 16.0. The lowest BCUT2D eigenvalue weighted by Gasteiger charge is -2.21. The Labute approximate surface area is 180 Å². The maximum atomic E-state index is 12.3. The second-order valence-electron chi connectivity index (χ2n) is 7.81. The molecule has 0 spiro atoms. The van der Waals surface area contributed by atoms with Crippen molar-refractivity contribution in [3.63, 3.8) is 0 Å². The van der Waals surface area contributed by atoms with Gasteiger partial charge >= 0.3 is 11.9 Å². The molecule has 3 rings (SSSR count). The van der Waals surface area contributed by atoms with Crippen molar-refractivity contribution in [3.8, 4) is 0 Å². The number of hydrogen-bond donors (Lipinski definition) is 2. The van der Waals surface area contributed by atoms with Crippen LogP contribution in [0.25, 0.3) is 0 Å². The van der Waals surface area contributed by atoms with Gasteiger partial charge < -0.3 is 9.63 Å². The van der Waals surface area contributed by atoms with E-state index in [1.54, 1.807) is 0 Å². The molecule has 0 aliphatic heterocycles. The highest BCUT2D eigenvalue weighted by atomic mass is 32.2. The summed E-state index contributed by atoms with van der Waals surface area (Å²) in [6.07, 6.45) is 10.9. The molecule has 2 heterocycles. The number of hydrogen-bond acceptors (Lipinski definition) is 8. The van der Waals surface area contributed by atoms with Gasteiger partial charge in [0.1, 0.15) is 4.90 Å². The minimum atomic E-state index is -4.14. The highest BCUT2D eigenvalue weighted by Crippen LogP contribution is 2.31. The summed E-state index contributed by atoms with van der Waals surface area (Å²) < 4.78 is 31.5. The molecule has 0 unspecified atom stereocenters. The molecule has 1 aliphatic carbocycles. The van der Waals surface area contributed by atoms with E-state index in [0.29, 0.717) is 12.3 Å². The molecular weight excluding hydrogens is 424 g/mol. The Balaban J connectivity index is 1.63. The van der Waals surface area contributed by atoms with E-state index in [9.17, 15) is 23.1 Å². The quantitative estimate of drug-likeness (QED) is 0.556. The Morgan fingerprint density at radius 3 is 2.71 bits per heavy atom. The number of rotatable bonds is 10. The van der Waals surface area contributed by atoms with Crippen molar-refractivity contribution in [2.45, 2.75) is 68.6 Å². The maximum Gasteiger partial charge on any atom is 0.306 e. The first-order chi connectivity index (χ1) is 14.8. The number of nitrogens with one attached hydrogen (secondary N) is 1. The highest BCUT2D eigenvalue weighted by Gasteiger charge is 2.27. The lowest BCUT2D eigenvalue weighted by molar-refractivity contribution is -0.137. The SMILES string of the molecule is O=C(O)C[C@@H](CCCC1CCCCC1)c1nc(C(=O)NS(=O)(=O)c2cccnc2)no1. The van der Waals surface area contributed by atoms with E-state index in [1.165, 1.54) is 50.4 Å². The van der Waals surface area contributed by atoms with E-state index in [1.807, 2.05) is 4.72 Å². The van der Waals surface area contributed by atoms with Gasteiger partial charge in [-0.05, 0) is 24.5 Å². The fourth-order valence-electron chi connectivity index (χ4n) is 3.88. The summed E-state index contributed by atoms with van der Waals surface area (Å²) in [5.74, 6) is -2.38. The summed E-state index contributed by atoms with van der Waals surface area (Å²) in [7, 11) is -4.14. The van der Waals surface area contributed by atoms with E-state index < -0.39 is 33.6 Å². The largest absolute Gasteiger partial charge is 0.481 e. The number of nitrogens with zero attached hydrogens (tertiary/aromatic N) is 3. The standard InChI is InChI=1S/C20H26N4O6S/c25-17(26)12-15(9-4-8-14-6-2-1-3-7-14)20-22-18(23-30-20)19(27)24-31(28,29)16-10-5-11-21-13-16/h5,10-11,13-15H,1-4,6-9,12H2,(H,24,27)(H,25,26)/t15-/m1/s1. The van der Waals surface area contributed by atoms with Crippen LogP contribution in [0.3, 0.4) is 0 Å². The molecule has 0 bridgehead atoms. The van der Waals surface area contributed by atoms with Crippen molar-refractivity contribution in [1.82, 2.24) is 19.8 Å². The number of sulfonamides is 1. The van der Waals surface area contributed by atoms with Gasteiger partial charge in [0, 0.05) is 18.3 Å². The number of aromatic nitrogens is 3. The van der Waals surface area contributed by atoms with E-state index in [0.717, 1.165) is 19.0 Å². The first kappa shape index (κ1) is 22.9. The number of carboxylic acid groups (broad SMARTS) is 1. The zero-order valence-electron chi connectivity index (χ0n) is 17.1. The summed E-state index contributed by atoms with van der Waals surface area (Å²) >= 11 is 0. The third kappa shape index (κ3) is 6.58. The van der Waals surface area contributed by atoms with Crippen LogP contribution in [-0.4, -0.2) is 40.5 Å². The zero-order valence-corrected chi connectivity index (χ0v) is 17.9. The summed E-state index contributed by atoms with van der Waals surface area (Å²) in [6.45, 7) is 0. The van der Waals surface area contributed by atoms with Crippen LogP contribution in [0.2, 0.25) is 0 Å². The van der Waals surface area contributed by atoms with Gasteiger partial charge in [-0.25, -0.2) is 13.1 Å². The fourth-order valence-corrected chi connectivity index (χ4v) is 4.79. The Bertz CT molecular complexity index is 986. The van der Waals surface area contributed by atoms with Gasteiger partial charge in [0.25, 0.3) is 15.8 Å². The summed E-state index contributed by atoms with van der Waals surface area (Å²) in [4.78, 5) is 31.1. The second-order valence-corrected chi connectivity index (χ2v) is 9.49. The lowest BCUT2D eigenvalue weighted by atomic mass is 9.84. The topological polar surface area (TPSA) is 152 Å². The molecule has 1 atom stereocenters. The first-order valence-electron chi connectivity index (χ1n) is 10.4. The predicted molar refractivity (Wildman–Crippen MR) is 109 cm³/mol. The number of amides is 1. The van der Waals surface area contributed by atoms with Gasteiger partial charge in [0.05, 0.1) is 6.42 Å². The third-order valence-corrected chi connectivity index (χ3v) is 6.79. The van der Waals surface area contributed by atoms with E-state index in [-0.39, 0.29) is 17.2 Å². The molecular formula is C20H26N4O6S. The molecule has 0 saturated heterocycles. The molecule has 0 aromatic carbocycles. The van der Waals surface area contributed by atoms with Crippen LogP contribution in [0, 0.1) is 5.92 Å². The van der Waals surface area contributed by atoms with Gasteiger partial charge in [-0.3, -0.25) is 14.6 Å². The molecule has 1 saturated carbocycles. The molecule has 168 valence electrons. The summed E-state index contributed by atoms with van der Waals surface area (Å²) in [5, 5.41) is 12.8. The smallest absolute Gasteiger partial charge is 0.306 e. The van der Waals surface area contributed by atoms with Gasteiger partial charge in [-0.1, -0.05) is 50.1 Å². The Kier molecular flexibility index (Phi) is 7.72. The van der Waals surface area contributed by atoms with E-state index in [4.69, 9.17) is 4.52 Å². The van der Waals surface area contributed by atoms with Crippen molar-refractivity contribution < 1.29 is 27.6 Å². The van der Waals surface area contributed by atoms with Gasteiger partial charge in [0.2, 0.25) is 5.89 Å². The molecule has 1 amide bonds. The molecule has 10 nitrogen and oxygen atoms in total. The molecule has 0 radical (unpaired) electrons. The molecule has 11 heteroatoms. The minimum Gasteiger partial charge on any atom is -0.481 e. The van der Waals surface area contributed by atoms with E-state index >= 15 is 0 Å². The van der Waals surface area contributed by atoms with Crippen LogP contribution in [0.4, 0.5) is 0 Å². The van der Waals surface area contributed by atoms with Gasteiger partial charge in [-0.15, -0.1) is 0 Å². The van der Waals surface area contributed by atoms with Crippen molar-refractivity contribution in [2.75, 3.05) is 0 Å². The summed E-state index contributed by atoms with van der Waals surface area (Å²) in [5.41, 5.74) is 0. The molecule has 1 fully saturated rings. The monoisotopic (exact) mass is 450 g/mol. The average Bonchev–Trinajstić information content (AvgIpc) is 3.24. The summed E-state index contributed by atoms with van der Waals surface area (Å²) in [6, 6.07) is 2.72. The Hall–Kier alpha value is -2.82. The van der Waals surface area contributed by atoms with E-state index in [2.05, 4.69) is 15.1 Å². The van der Waals surface area contributed by atoms with Gasteiger partial charge in [-0.2, -0.15) is 4.98 Å². The number of pyridine rings is 1.